The minimum Gasteiger partial charge on any atom is -0.467 e. The summed E-state index contributed by atoms with van der Waals surface area (Å²) in [6, 6.07) is 22.4. The number of carbonyl (C=O) groups is 4. The molecule has 0 saturated carbocycles. The molecule has 0 bridgehead atoms. The number of ketones is 1. The molecule has 194 valence electrons. The van der Waals surface area contributed by atoms with Gasteiger partial charge in [0.15, 0.2) is 11.3 Å². The number of rotatable bonds is 6. The summed E-state index contributed by atoms with van der Waals surface area (Å²) in [4.78, 5) is 57.0. The number of carbonyl (C=O) groups excluding carboxylic acids is 4. The maximum absolute atomic E-state index is 14.2. The molecule has 2 heterocycles. The van der Waals surface area contributed by atoms with Gasteiger partial charge in [0.1, 0.15) is 0 Å². The van der Waals surface area contributed by atoms with Crippen LogP contribution in [0.2, 0.25) is 0 Å². The number of hydrogen-bond acceptors (Lipinski definition) is 7. The highest BCUT2D eigenvalue weighted by molar-refractivity contribution is 6.24. The second-order valence-electron chi connectivity index (χ2n) is 9.90. The summed E-state index contributed by atoms with van der Waals surface area (Å²) in [5.74, 6) is -3.73. The Bertz CT molecular complexity index is 1420. The summed E-state index contributed by atoms with van der Waals surface area (Å²) < 4.78 is 5.28. The van der Waals surface area contributed by atoms with E-state index < -0.39 is 41.2 Å². The summed E-state index contributed by atoms with van der Waals surface area (Å²) >= 11 is 0. The number of amides is 2. The molecule has 3 aromatic rings. The Morgan fingerprint density at radius 2 is 1.61 bits per heavy atom. The number of Topliss-reactive ketones (excluding diaryl/α,β-unsaturated/α-hetero) is 1. The maximum atomic E-state index is 14.2. The smallest absolute Gasteiger partial charge is 0.331 e. The molecular weight excluding hydrogens is 482 g/mol. The quantitative estimate of drug-likeness (QED) is 0.308. The number of nitrogens with one attached hydrogen (secondary N) is 1. The number of fused-ring (bicyclic) bond motifs is 1. The molecule has 2 amide bonds. The van der Waals surface area contributed by atoms with Gasteiger partial charge in [-0.1, -0.05) is 54.6 Å². The first-order chi connectivity index (χ1) is 18.2. The Kier molecular flexibility index (Phi) is 6.36. The molecule has 2 aliphatic heterocycles. The average Bonchev–Trinajstić information content (AvgIpc) is 3.43. The van der Waals surface area contributed by atoms with Crippen LogP contribution >= 0.6 is 0 Å². The Hall–Kier alpha value is -4.30. The molecule has 0 unspecified atom stereocenters. The van der Waals surface area contributed by atoms with Crippen LogP contribution in [0, 0.1) is 11.8 Å². The van der Waals surface area contributed by atoms with Crippen molar-refractivity contribution >= 4 is 34.9 Å². The van der Waals surface area contributed by atoms with Gasteiger partial charge in [-0.15, -0.1) is 0 Å². The second-order valence-corrected chi connectivity index (χ2v) is 9.90. The SMILES string of the molecule is COC(=O)[C@]1(c2ccccc2)N[C@@H](c2ccc(N(C)C)cc2)[C@H]2C(=O)N(c3cccc(C(C)=O)c3)C(=O)[C@H]21. The van der Waals surface area contributed by atoms with Crippen LogP contribution < -0.4 is 15.1 Å². The van der Waals surface area contributed by atoms with Gasteiger partial charge >= 0.3 is 5.97 Å². The Morgan fingerprint density at radius 3 is 2.21 bits per heavy atom. The van der Waals surface area contributed by atoms with E-state index in [-0.39, 0.29) is 5.78 Å². The first-order valence-corrected chi connectivity index (χ1v) is 12.4. The molecular formula is C30H29N3O5. The van der Waals surface area contributed by atoms with Crippen molar-refractivity contribution in [1.29, 1.82) is 0 Å². The third-order valence-corrected chi connectivity index (χ3v) is 7.58. The number of nitrogens with zero attached hydrogens (tertiary/aromatic N) is 2. The van der Waals surface area contributed by atoms with Crippen molar-refractivity contribution in [3.8, 4) is 0 Å². The van der Waals surface area contributed by atoms with Crippen molar-refractivity contribution in [2.24, 2.45) is 11.8 Å². The molecule has 8 heteroatoms. The summed E-state index contributed by atoms with van der Waals surface area (Å²) in [6.45, 7) is 1.43. The summed E-state index contributed by atoms with van der Waals surface area (Å²) in [5, 5.41) is 3.39. The van der Waals surface area contributed by atoms with Gasteiger partial charge in [-0.3, -0.25) is 19.7 Å². The van der Waals surface area contributed by atoms with E-state index in [1.807, 2.05) is 49.3 Å². The number of ether oxygens (including phenoxy) is 1. The van der Waals surface area contributed by atoms with E-state index in [1.165, 1.54) is 20.1 Å². The lowest BCUT2D eigenvalue weighted by atomic mass is 9.75. The van der Waals surface area contributed by atoms with E-state index >= 15 is 0 Å². The molecule has 5 rings (SSSR count). The van der Waals surface area contributed by atoms with Gasteiger partial charge in [-0.05, 0) is 42.3 Å². The summed E-state index contributed by atoms with van der Waals surface area (Å²) in [5.41, 5.74) is 1.38. The number of methoxy groups -OCH3 is 1. The van der Waals surface area contributed by atoms with E-state index in [0.717, 1.165) is 16.2 Å². The molecule has 2 saturated heterocycles. The van der Waals surface area contributed by atoms with Crippen molar-refractivity contribution in [3.63, 3.8) is 0 Å². The van der Waals surface area contributed by atoms with Gasteiger partial charge in [0.25, 0.3) is 0 Å². The van der Waals surface area contributed by atoms with Gasteiger partial charge in [0.2, 0.25) is 11.8 Å². The fourth-order valence-electron chi connectivity index (χ4n) is 5.72. The molecule has 38 heavy (non-hydrogen) atoms. The molecule has 0 aliphatic carbocycles. The topological polar surface area (TPSA) is 96.0 Å². The minimum absolute atomic E-state index is 0.181. The first-order valence-electron chi connectivity index (χ1n) is 12.4. The second kappa shape index (κ2) is 9.54. The van der Waals surface area contributed by atoms with Gasteiger partial charge in [-0.2, -0.15) is 0 Å². The molecule has 0 aromatic heterocycles. The van der Waals surface area contributed by atoms with E-state index in [1.54, 1.807) is 42.5 Å². The number of imide groups is 1. The maximum Gasteiger partial charge on any atom is 0.331 e. The first kappa shape index (κ1) is 25.4. The molecule has 2 fully saturated rings. The number of anilines is 2. The van der Waals surface area contributed by atoms with E-state index in [4.69, 9.17) is 4.74 Å². The van der Waals surface area contributed by atoms with Crippen LogP contribution in [0.4, 0.5) is 11.4 Å². The van der Waals surface area contributed by atoms with Gasteiger partial charge in [0.05, 0.1) is 24.6 Å². The monoisotopic (exact) mass is 511 g/mol. The van der Waals surface area contributed by atoms with Crippen LogP contribution in [0.3, 0.4) is 0 Å². The van der Waals surface area contributed by atoms with E-state index in [2.05, 4.69) is 5.32 Å². The molecule has 3 aromatic carbocycles. The van der Waals surface area contributed by atoms with Gasteiger partial charge in [-0.25, -0.2) is 9.69 Å². The van der Waals surface area contributed by atoms with Crippen LogP contribution in [0.25, 0.3) is 0 Å². The predicted octanol–water partition coefficient (Wildman–Crippen LogP) is 3.47. The molecule has 1 N–H and O–H groups in total. The van der Waals surface area contributed by atoms with Crippen LogP contribution in [-0.2, 0) is 24.7 Å². The zero-order chi connectivity index (χ0) is 27.2. The molecule has 8 nitrogen and oxygen atoms in total. The third-order valence-electron chi connectivity index (χ3n) is 7.58. The van der Waals surface area contributed by atoms with Crippen LogP contribution in [0.5, 0.6) is 0 Å². The molecule has 2 aliphatic rings. The summed E-state index contributed by atoms with van der Waals surface area (Å²) in [6.07, 6.45) is 0. The lowest BCUT2D eigenvalue weighted by molar-refractivity contribution is -0.152. The van der Waals surface area contributed by atoms with Crippen LogP contribution in [0.1, 0.15) is 34.5 Å². The van der Waals surface area contributed by atoms with Crippen LogP contribution in [-0.4, -0.2) is 44.8 Å². The van der Waals surface area contributed by atoms with Crippen molar-refractivity contribution in [2.75, 3.05) is 31.0 Å². The predicted molar refractivity (Wildman–Crippen MR) is 143 cm³/mol. The zero-order valence-electron chi connectivity index (χ0n) is 21.7. The normalized spacial score (nSPS) is 24.3. The zero-order valence-corrected chi connectivity index (χ0v) is 21.7. The van der Waals surface area contributed by atoms with E-state index in [9.17, 15) is 19.2 Å². The van der Waals surface area contributed by atoms with E-state index in [0.29, 0.717) is 16.8 Å². The Labute approximate surface area is 221 Å². The van der Waals surface area contributed by atoms with Crippen molar-refractivity contribution < 1.29 is 23.9 Å². The largest absolute Gasteiger partial charge is 0.467 e. The van der Waals surface area contributed by atoms with Gasteiger partial charge in [0, 0.05) is 31.4 Å². The van der Waals surface area contributed by atoms with Crippen molar-refractivity contribution in [3.05, 3.63) is 95.6 Å². The highest BCUT2D eigenvalue weighted by atomic mass is 16.5. The molecule has 0 radical (unpaired) electrons. The van der Waals surface area contributed by atoms with Crippen LogP contribution in [0.15, 0.2) is 78.9 Å². The molecule has 4 atom stereocenters. The van der Waals surface area contributed by atoms with Gasteiger partial charge < -0.3 is 9.64 Å². The third kappa shape index (κ3) is 3.80. The minimum atomic E-state index is -1.59. The number of esters is 1. The standard InChI is InChI=1S/C30H29N3O5/c1-18(34)20-9-8-12-23(17-20)33-27(35)24-25(28(33)36)30(29(37)38-4,21-10-6-5-7-11-21)31-26(24)19-13-15-22(16-14-19)32(2)3/h5-17,24-26,31H,1-4H3/t24-,25-,26-,30+/m0/s1. The summed E-state index contributed by atoms with van der Waals surface area (Å²) in [7, 11) is 5.14. The van der Waals surface area contributed by atoms with Crippen molar-refractivity contribution in [2.45, 2.75) is 18.5 Å². The molecule has 0 spiro atoms. The lowest BCUT2D eigenvalue weighted by Gasteiger charge is -2.33. The Morgan fingerprint density at radius 1 is 0.921 bits per heavy atom. The Balaban J connectivity index is 1.70. The number of hydrogen-bond donors (Lipinski definition) is 1. The van der Waals surface area contributed by atoms with Crippen molar-refractivity contribution in [1.82, 2.24) is 5.32 Å². The fourth-order valence-corrected chi connectivity index (χ4v) is 5.72. The highest BCUT2D eigenvalue weighted by Gasteiger charge is 2.69. The fraction of sp³-hybridized carbons (Fsp3) is 0.267. The lowest BCUT2D eigenvalue weighted by Crippen LogP contribution is -2.53. The number of benzene rings is 3. The highest BCUT2D eigenvalue weighted by Crippen LogP contribution is 2.54. The average molecular weight is 512 g/mol.